The fourth-order valence-electron chi connectivity index (χ4n) is 2.24. The van der Waals surface area contributed by atoms with Crippen molar-refractivity contribution in [3.8, 4) is 0 Å². The van der Waals surface area contributed by atoms with Crippen molar-refractivity contribution in [3.05, 3.63) is 42.1 Å². The van der Waals surface area contributed by atoms with Gasteiger partial charge in [0.05, 0.1) is 11.2 Å². The van der Waals surface area contributed by atoms with E-state index < -0.39 is 12.0 Å². The van der Waals surface area contributed by atoms with Gasteiger partial charge in [-0.05, 0) is 25.6 Å². The van der Waals surface area contributed by atoms with Crippen molar-refractivity contribution < 1.29 is 9.90 Å². The first-order chi connectivity index (χ1) is 9.11. The Morgan fingerprint density at radius 3 is 2.74 bits per heavy atom. The smallest absolute Gasteiger partial charge is 0.320 e. The van der Waals surface area contributed by atoms with Crippen molar-refractivity contribution in [1.29, 1.82) is 0 Å². The highest BCUT2D eigenvalue weighted by atomic mass is 16.4. The molecule has 0 radical (unpaired) electrons. The number of hydrogen-bond donors (Lipinski definition) is 1. The third kappa shape index (κ3) is 3.09. The van der Waals surface area contributed by atoms with Crippen LogP contribution in [-0.2, 0) is 11.3 Å². The second-order valence-corrected chi connectivity index (χ2v) is 4.67. The van der Waals surface area contributed by atoms with Crippen molar-refractivity contribution in [2.24, 2.45) is 0 Å². The molecule has 0 amide bonds. The van der Waals surface area contributed by atoms with Crippen LogP contribution in [0.25, 0.3) is 10.9 Å². The van der Waals surface area contributed by atoms with Crippen molar-refractivity contribution in [1.82, 2.24) is 9.88 Å². The largest absolute Gasteiger partial charge is 0.480 e. The number of fused-ring (bicyclic) bond motifs is 1. The van der Waals surface area contributed by atoms with Gasteiger partial charge in [0, 0.05) is 11.9 Å². The highest BCUT2D eigenvalue weighted by molar-refractivity contribution is 5.78. The summed E-state index contributed by atoms with van der Waals surface area (Å²) in [7, 11) is 1.82. The molecule has 4 nitrogen and oxygen atoms in total. The predicted octanol–water partition coefficient (Wildman–Crippen LogP) is 2.53. The molecule has 19 heavy (non-hydrogen) atoms. The third-order valence-corrected chi connectivity index (χ3v) is 3.27. The van der Waals surface area contributed by atoms with Gasteiger partial charge >= 0.3 is 5.97 Å². The Hall–Kier alpha value is -1.94. The van der Waals surface area contributed by atoms with Crippen LogP contribution in [0.3, 0.4) is 0 Å². The van der Waals surface area contributed by atoms with Gasteiger partial charge in [-0.3, -0.25) is 14.7 Å². The van der Waals surface area contributed by atoms with E-state index in [9.17, 15) is 4.79 Å². The van der Waals surface area contributed by atoms with Crippen LogP contribution >= 0.6 is 0 Å². The minimum atomic E-state index is -0.786. The normalized spacial score (nSPS) is 12.8. The fourth-order valence-corrected chi connectivity index (χ4v) is 2.24. The summed E-state index contributed by atoms with van der Waals surface area (Å²) in [4.78, 5) is 17.5. The summed E-state index contributed by atoms with van der Waals surface area (Å²) in [5, 5.41) is 10.2. The number of aliphatic carboxylic acids is 1. The first-order valence-electron chi connectivity index (χ1n) is 6.39. The maximum Gasteiger partial charge on any atom is 0.320 e. The number of para-hydroxylation sites is 1. The van der Waals surface area contributed by atoms with Gasteiger partial charge in [0.1, 0.15) is 6.04 Å². The molecule has 100 valence electrons. The van der Waals surface area contributed by atoms with Crippen molar-refractivity contribution in [3.63, 3.8) is 0 Å². The van der Waals surface area contributed by atoms with Gasteiger partial charge in [-0.15, -0.1) is 0 Å². The molecule has 1 heterocycles. The molecule has 1 aromatic carbocycles. The molecule has 0 bridgehead atoms. The Morgan fingerprint density at radius 1 is 1.32 bits per heavy atom. The van der Waals surface area contributed by atoms with E-state index in [1.165, 1.54) is 0 Å². The molecule has 1 atom stereocenters. The Kier molecular flexibility index (Phi) is 4.12. The lowest BCUT2D eigenvalue weighted by atomic mass is 10.1. The van der Waals surface area contributed by atoms with E-state index in [0.717, 1.165) is 16.6 Å². The van der Waals surface area contributed by atoms with Crippen molar-refractivity contribution in [2.45, 2.75) is 25.9 Å². The summed E-state index contributed by atoms with van der Waals surface area (Å²) in [6, 6.07) is 11.4. The summed E-state index contributed by atoms with van der Waals surface area (Å²) in [5.74, 6) is -0.786. The minimum absolute atomic E-state index is 0.465. The first-order valence-corrected chi connectivity index (χ1v) is 6.39. The lowest BCUT2D eigenvalue weighted by Crippen LogP contribution is -2.37. The SMILES string of the molecule is CCC(C(=O)O)N(C)Cc1ccc2ccccc2n1. The van der Waals surface area contributed by atoms with Crippen molar-refractivity contribution in [2.75, 3.05) is 7.05 Å². The van der Waals surface area contributed by atoms with Crippen LogP contribution in [-0.4, -0.2) is 34.0 Å². The zero-order chi connectivity index (χ0) is 13.8. The van der Waals surface area contributed by atoms with E-state index in [-0.39, 0.29) is 0 Å². The van der Waals surface area contributed by atoms with Crippen LogP contribution in [0.5, 0.6) is 0 Å². The summed E-state index contributed by atoms with van der Waals surface area (Å²) in [5.41, 5.74) is 1.83. The average molecular weight is 258 g/mol. The maximum absolute atomic E-state index is 11.1. The zero-order valence-corrected chi connectivity index (χ0v) is 11.2. The third-order valence-electron chi connectivity index (χ3n) is 3.27. The lowest BCUT2D eigenvalue weighted by Gasteiger charge is -2.23. The number of carbonyl (C=O) groups is 1. The van der Waals surface area contributed by atoms with Crippen LogP contribution < -0.4 is 0 Å². The highest BCUT2D eigenvalue weighted by Gasteiger charge is 2.20. The zero-order valence-electron chi connectivity index (χ0n) is 11.2. The van der Waals surface area contributed by atoms with Gasteiger partial charge in [-0.25, -0.2) is 0 Å². The van der Waals surface area contributed by atoms with E-state index >= 15 is 0 Å². The molecular weight excluding hydrogens is 240 g/mol. The molecule has 0 aliphatic heterocycles. The molecule has 1 aromatic heterocycles. The van der Waals surface area contributed by atoms with Crippen LogP contribution in [0.15, 0.2) is 36.4 Å². The van der Waals surface area contributed by atoms with Crippen LogP contribution in [0.1, 0.15) is 19.0 Å². The summed E-state index contributed by atoms with van der Waals surface area (Å²) >= 11 is 0. The Morgan fingerprint density at radius 2 is 2.05 bits per heavy atom. The first kappa shape index (κ1) is 13.5. The van der Waals surface area contributed by atoms with Gasteiger partial charge in [0.2, 0.25) is 0 Å². The molecule has 2 aromatic rings. The van der Waals surface area contributed by atoms with Crippen LogP contribution in [0.4, 0.5) is 0 Å². The molecule has 1 unspecified atom stereocenters. The molecule has 0 saturated heterocycles. The van der Waals surface area contributed by atoms with Gasteiger partial charge in [-0.2, -0.15) is 0 Å². The van der Waals surface area contributed by atoms with E-state index in [1.807, 2.05) is 55.3 Å². The number of likely N-dealkylation sites (N-methyl/N-ethyl adjacent to an activating group) is 1. The monoisotopic (exact) mass is 258 g/mol. The molecule has 1 N–H and O–H groups in total. The molecule has 0 fully saturated rings. The number of carboxylic acids is 1. The van der Waals surface area contributed by atoms with Gasteiger partial charge in [-0.1, -0.05) is 31.2 Å². The van der Waals surface area contributed by atoms with Crippen LogP contribution in [0.2, 0.25) is 0 Å². The van der Waals surface area contributed by atoms with Crippen LogP contribution in [0, 0.1) is 0 Å². The van der Waals surface area contributed by atoms with Gasteiger partial charge < -0.3 is 5.11 Å². The quantitative estimate of drug-likeness (QED) is 0.895. The molecule has 0 aliphatic carbocycles. The molecule has 4 heteroatoms. The highest BCUT2D eigenvalue weighted by Crippen LogP contribution is 2.14. The topological polar surface area (TPSA) is 53.4 Å². The number of carboxylic acid groups (broad SMARTS) is 1. The molecule has 0 aliphatic rings. The number of rotatable bonds is 5. The van der Waals surface area contributed by atoms with E-state index in [4.69, 9.17) is 5.11 Å². The predicted molar refractivity (Wildman–Crippen MR) is 74.9 cm³/mol. The maximum atomic E-state index is 11.1. The van der Waals surface area contributed by atoms with Gasteiger partial charge in [0.25, 0.3) is 0 Å². The Balaban J connectivity index is 2.18. The molecule has 2 rings (SSSR count). The Labute approximate surface area is 112 Å². The second-order valence-electron chi connectivity index (χ2n) is 4.67. The standard InChI is InChI=1S/C15H18N2O2/c1-3-14(15(18)19)17(2)10-12-9-8-11-6-4-5-7-13(11)16-12/h4-9,14H,3,10H2,1-2H3,(H,18,19). The van der Waals surface area contributed by atoms with E-state index in [1.54, 1.807) is 0 Å². The number of benzene rings is 1. The summed E-state index contributed by atoms with van der Waals surface area (Å²) < 4.78 is 0. The average Bonchev–Trinajstić information content (AvgIpc) is 2.39. The number of aromatic nitrogens is 1. The second kappa shape index (κ2) is 5.80. The fraction of sp³-hybridized carbons (Fsp3) is 0.333. The lowest BCUT2D eigenvalue weighted by molar-refractivity contribution is -0.143. The summed E-state index contributed by atoms with van der Waals surface area (Å²) in [6.07, 6.45) is 0.583. The summed E-state index contributed by atoms with van der Waals surface area (Å²) in [6.45, 7) is 2.42. The molecule has 0 spiro atoms. The molecular formula is C15H18N2O2. The molecule has 0 saturated carbocycles. The van der Waals surface area contributed by atoms with Gasteiger partial charge in [0.15, 0.2) is 0 Å². The number of pyridine rings is 1. The number of nitrogens with zero attached hydrogens (tertiary/aromatic N) is 2. The van der Waals surface area contributed by atoms with E-state index in [2.05, 4.69) is 4.98 Å². The Bertz CT molecular complexity index is 583. The van der Waals surface area contributed by atoms with E-state index in [0.29, 0.717) is 13.0 Å². The number of hydrogen-bond acceptors (Lipinski definition) is 3. The van der Waals surface area contributed by atoms with Crippen molar-refractivity contribution >= 4 is 16.9 Å². The minimum Gasteiger partial charge on any atom is -0.480 e.